The maximum absolute atomic E-state index is 5.89. The van der Waals surface area contributed by atoms with E-state index in [2.05, 4.69) is 57.4 Å². The standard InChI is InChI=1S/C21H21N3O/c1-2-4-17(5-3-1)14-18-6-8-19(9-7-18)25-13-12-24-16-23-20-15-22-11-10-21(20)24/h1-11,15-16,20-21H,12-14H2. The highest BCUT2D eigenvalue weighted by Gasteiger charge is 2.28. The van der Waals surface area contributed by atoms with Gasteiger partial charge in [0.25, 0.3) is 0 Å². The van der Waals surface area contributed by atoms with Crippen LogP contribution in [0.25, 0.3) is 0 Å². The van der Waals surface area contributed by atoms with Gasteiger partial charge < -0.3 is 9.64 Å². The van der Waals surface area contributed by atoms with Crippen molar-refractivity contribution in [2.45, 2.75) is 18.5 Å². The number of benzene rings is 2. The maximum atomic E-state index is 5.89. The first kappa shape index (κ1) is 15.6. The molecule has 2 aliphatic heterocycles. The van der Waals surface area contributed by atoms with Gasteiger partial charge in [0.05, 0.1) is 18.9 Å². The molecular weight excluding hydrogens is 310 g/mol. The zero-order chi connectivity index (χ0) is 16.9. The molecule has 126 valence electrons. The van der Waals surface area contributed by atoms with Gasteiger partial charge in [-0.2, -0.15) is 0 Å². The molecule has 4 heteroatoms. The van der Waals surface area contributed by atoms with Crippen LogP contribution in [0, 0.1) is 0 Å². The lowest BCUT2D eigenvalue weighted by Crippen LogP contribution is -2.38. The van der Waals surface area contributed by atoms with Crippen LogP contribution < -0.4 is 4.74 Å². The van der Waals surface area contributed by atoms with Crippen LogP contribution >= 0.6 is 0 Å². The molecule has 25 heavy (non-hydrogen) atoms. The molecule has 0 amide bonds. The monoisotopic (exact) mass is 331 g/mol. The number of aliphatic imine (C=N–C) groups is 2. The van der Waals surface area contributed by atoms with Gasteiger partial charge in [0.15, 0.2) is 0 Å². The van der Waals surface area contributed by atoms with Crippen molar-refractivity contribution in [1.29, 1.82) is 0 Å². The van der Waals surface area contributed by atoms with Crippen molar-refractivity contribution < 1.29 is 4.74 Å². The summed E-state index contributed by atoms with van der Waals surface area (Å²) < 4.78 is 5.89. The predicted octanol–water partition coefficient (Wildman–Crippen LogP) is 3.34. The first-order valence-corrected chi connectivity index (χ1v) is 8.63. The molecule has 0 radical (unpaired) electrons. The Morgan fingerprint density at radius 1 is 0.960 bits per heavy atom. The van der Waals surface area contributed by atoms with E-state index in [0.717, 1.165) is 18.7 Å². The van der Waals surface area contributed by atoms with Crippen molar-refractivity contribution in [3.8, 4) is 5.75 Å². The normalized spacial score (nSPS) is 20.7. The molecule has 0 spiro atoms. The molecule has 2 atom stereocenters. The van der Waals surface area contributed by atoms with Crippen LogP contribution in [0.4, 0.5) is 0 Å². The molecule has 2 aromatic carbocycles. The van der Waals surface area contributed by atoms with Crippen molar-refractivity contribution in [2.75, 3.05) is 13.2 Å². The second-order valence-electron chi connectivity index (χ2n) is 6.28. The zero-order valence-electron chi connectivity index (χ0n) is 14.0. The number of fused-ring (bicyclic) bond motifs is 1. The Labute approximate surface area is 148 Å². The van der Waals surface area contributed by atoms with Gasteiger partial charge in [-0.15, -0.1) is 0 Å². The summed E-state index contributed by atoms with van der Waals surface area (Å²) in [5, 5.41) is 0. The van der Waals surface area contributed by atoms with Crippen molar-refractivity contribution in [2.24, 2.45) is 9.98 Å². The molecule has 4 rings (SSSR count). The molecule has 0 saturated heterocycles. The van der Waals surface area contributed by atoms with Gasteiger partial charge in [-0.1, -0.05) is 42.5 Å². The Morgan fingerprint density at radius 3 is 2.60 bits per heavy atom. The second kappa shape index (κ2) is 7.34. The van der Waals surface area contributed by atoms with Gasteiger partial charge in [-0.25, -0.2) is 0 Å². The van der Waals surface area contributed by atoms with Crippen LogP contribution in [0.1, 0.15) is 11.1 Å². The third-order valence-corrected chi connectivity index (χ3v) is 4.52. The van der Waals surface area contributed by atoms with E-state index in [4.69, 9.17) is 4.74 Å². The minimum atomic E-state index is 0.155. The lowest BCUT2D eigenvalue weighted by atomic mass is 10.1. The molecule has 2 unspecified atom stereocenters. The molecule has 0 fully saturated rings. The highest BCUT2D eigenvalue weighted by Crippen LogP contribution is 2.18. The van der Waals surface area contributed by atoms with Crippen molar-refractivity contribution in [3.63, 3.8) is 0 Å². The van der Waals surface area contributed by atoms with Crippen molar-refractivity contribution >= 4 is 12.6 Å². The van der Waals surface area contributed by atoms with E-state index >= 15 is 0 Å². The highest BCUT2D eigenvalue weighted by molar-refractivity contribution is 5.76. The molecule has 0 aromatic heterocycles. The SMILES string of the molecule is C1=CC2C(C=N1)N=CN2CCOc1ccc(Cc2ccccc2)cc1. The first-order valence-electron chi connectivity index (χ1n) is 8.63. The van der Waals surface area contributed by atoms with Gasteiger partial charge >= 0.3 is 0 Å². The van der Waals surface area contributed by atoms with E-state index in [0.29, 0.717) is 6.61 Å². The third-order valence-electron chi connectivity index (χ3n) is 4.52. The van der Waals surface area contributed by atoms with Gasteiger partial charge in [-0.3, -0.25) is 9.98 Å². The average molecular weight is 331 g/mol. The van der Waals surface area contributed by atoms with Crippen LogP contribution in [0.5, 0.6) is 5.75 Å². The predicted molar refractivity (Wildman–Crippen MR) is 102 cm³/mol. The minimum absolute atomic E-state index is 0.155. The Bertz CT molecular complexity index is 781. The molecule has 4 nitrogen and oxygen atoms in total. The zero-order valence-corrected chi connectivity index (χ0v) is 14.0. The Balaban J connectivity index is 1.27. The molecular formula is C21H21N3O. The summed E-state index contributed by atoms with van der Waals surface area (Å²) in [6, 6.07) is 19.3. The van der Waals surface area contributed by atoms with Crippen LogP contribution in [0.2, 0.25) is 0 Å². The van der Waals surface area contributed by atoms with Crippen LogP contribution in [0.3, 0.4) is 0 Å². The van der Waals surface area contributed by atoms with E-state index in [9.17, 15) is 0 Å². The number of nitrogens with zero attached hydrogens (tertiary/aromatic N) is 3. The molecule has 2 heterocycles. The highest BCUT2D eigenvalue weighted by atomic mass is 16.5. The van der Waals surface area contributed by atoms with Crippen LogP contribution in [0.15, 0.2) is 76.9 Å². The van der Waals surface area contributed by atoms with Crippen molar-refractivity contribution in [1.82, 2.24) is 4.90 Å². The van der Waals surface area contributed by atoms with Gasteiger partial charge in [0.2, 0.25) is 0 Å². The summed E-state index contributed by atoms with van der Waals surface area (Å²) in [7, 11) is 0. The van der Waals surface area contributed by atoms with E-state index in [-0.39, 0.29) is 12.1 Å². The molecule has 0 saturated carbocycles. The lowest BCUT2D eigenvalue weighted by molar-refractivity contribution is 0.260. The lowest BCUT2D eigenvalue weighted by Gasteiger charge is -2.25. The fraction of sp³-hybridized carbons (Fsp3) is 0.238. The summed E-state index contributed by atoms with van der Waals surface area (Å²) >= 11 is 0. The summed E-state index contributed by atoms with van der Waals surface area (Å²) in [5.41, 5.74) is 2.61. The number of hydrogen-bond acceptors (Lipinski definition) is 4. The van der Waals surface area contributed by atoms with Gasteiger partial charge in [0.1, 0.15) is 18.4 Å². The quantitative estimate of drug-likeness (QED) is 0.814. The number of hydrogen-bond donors (Lipinski definition) is 0. The molecule has 2 aromatic rings. The third kappa shape index (κ3) is 3.79. The Hall–Kier alpha value is -2.88. The Kier molecular flexibility index (Phi) is 4.59. The Morgan fingerprint density at radius 2 is 1.76 bits per heavy atom. The smallest absolute Gasteiger partial charge is 0.119 e. The maximum Gasteiger partial charge on any atom is 0.119 e. The summed E-state index contributed by atoms with van der Waals surface area (Å²) in [4.78, 5) is 10.8. The van der Waals surface area contributed by atoms with E-state index in [1.165, 1.54) is 11.1 Å². The van der Waals surface area contributed by atoms with Crippen molar-refractivity contribution in [3.05, 3.63) is 78.0 Å². The fourth-order valence-corrected chi connectivity index (χ4v) is 3.16. The van der Waals surface area contributed by atoms with Gasteiger partial charge in [-0.05, 0) is 35.8 Å². The second-order valence-corrected chi connectivity index (χ2v) is 6.28. The summed E-state index contributed by atoms with van der Waals surface area (Å²) in [5.74, 6) is 0.908. The minimum Gasteiger partial charge on any atom is -0.492 e. The topological polar surface area (TPSA) is 37.2 Å². The van der Waals surface area contributed by atoms with E-state index < -0.39 is 0 Å². The molecule has 0 bridgehead atoms. The number of ether oxygens (including phenoxy) is 1. The van der Waals surface area contributed by atoms with E-state index in [1.807, 2.05) is 37.0 Å². The fourth-order valence-electron chi connectivity index (χ4n) is 3.16. The summed E-state index contributed by atoms with van der Waals surface area (Å²) in [6.07, 6.45) is 8.68. The largest absolute Gasteiger partial charge is 0.492 e. The number of rotatable bonds is 6. The van der Waals surface area contributed by atoms with E-state index in [1.54, 1.807) is 0 Å². The first-order chi connectivity index (χ1) is 12.4. The molecule has 0 aliphatic carbocycles. The van der Waals surface area contributed by atoms with Gasteiger partial charge in [0, 0.05) is 12.4 Å². The van der Waals surface area contributed by atoms with Crippen LogP contribution in [-0.4, -0.2) is 42.7 Å². The molecule has 2 aliphatic rings. The molecule has 0 N–H and O–H groups in total. The van der Waals surface area contributed by atoms with Crippen LogP contribution in [-0.2, 0) is 6.42 Å². The average Bonchev–Trinajstić information content (AvgIpc) is 3.07. The summed E-state index contributed by atoms with van der Waals surface area (Å²) in [6.45, 7) is 1.45.